The Morgan fingerprint density at radius 2 is 1.76 bits per heavy atom. The van der Waals surface area contributed by atoms with Crippen molar-refractivity contribution in [2.75, 3.05) is 23.9 Å². The molecule has 1 amide bonds. The van der Waals surface area contributed by atoms with Gasteiger partial charge in [0.25, 0.3) is 5.91 Å². The number of carboxylic acid groups (broad SMARTS) is 1. The van der Waals surface area contributed by atoms with Crippen LogP contribution in [0, 0.1) is 11.7 Å². The Bertz CT molecular complexity index is 1490. The zero-order chi connectivity index (χ0) is 30.2. The monoisotopic (exact) mass is 608 g/mol. The number of methoxy groups -OCH3 is 1. The Balaban J connectivity index is 1.45. The molecule has 1 unspecified atom stereocenters. The number of alkyl halides is 3. The third-order valence-electron chi connectivity index (χ3n) is 7.14. The molecule has 1 saturated carbocycles. The van der Waals surface area contributed by atoms with Gasteiger partial charge in [-0.05, 0) is 48.6 Å². The van der Waals surface area contributed by atoms with Gasteiger partial charge in [0, 0.05) is 41.5 Å². The number of amides is 1. The predicted octanol–water partition coefficient (Wildman–Crippen LogP) is 6.37. The van der Waals surface area contributed by atoms with Gasteiger partial charge >= 0.3 is 12.3 Å². The van der Waals surface area contributed by atoms with Crippen molar-refractivity contribution in [2.24, 2.45) is 5.92 Å². The molecule has 5 rings (SSSR count). The minimum absolute atomic E-state index is 0.105. The van der Waals surface area contributed by atoms with Crippen LogP contribution in [0.15, 0.2) is 54.6 Å². The van der Waals surface area contributed by atoms with E-state index in [2.05, 4.69) is 10.1 Å². The van der Waals surface area contributed by atoms with Crippen molar-refractivity contribution in [3.63, 3.8) is 0 Å². The number of anilines is 2. The fraction of sp³-hybridized carbons (Fsp3) is 0.310. The molecule has 3 aromatic carbocycles. The van der Waals surface area contributed by atoms with Crippen molar-refractivity contribution in [3.05, 3.63) is 76.6 Å². The van der Waals surface area contributed by atoms with Gasteiger partial charge in [0.05, 0.1) is 18.7 Å². The molecule has 0 saturated heterocycles. The van der Waals surface area contributed by atoms with Gasteiger partial charge in [0.15, 0.2) is 11.6 Å². The fourth-order valence-corrected chi connectivity index (χ4v) is 5.11. The van der Waals surface area contributed by atoms with E-state index in [0.717, 1.165) is 12.1 Å². The lowest BCUT2D eigenvalue weighted by atomic mass is 9.82. The highest BCUT2D eigenvalue weighted by Gasteiger charge is 2.37. The number of fused-ring (bicyclic) bond motifs is 1. The summed E-state index contributed by atoms with van der Waals surface area (Å²) in [5.41, 5.74) is 1.39. The molecular weight excluding hydrogens is 584 g/mol. The molecule has 0 aromatic heterocycles. The number of carbonyl (C=O) groups is 2. The largest absolute Gasteiger partial charge is 0.573 e. The van der Waals surface area contributed by atoms with Gasteiger partial charge in [-0.15, -0.1) is 13.2 Å². The molecule has 8 nitrogen and oxygen atoms in total. The number of carboxylic acids is 1. The number of rotatable bonds is 9. The van der Waals surface area contributed by atoms with Crippen LogP contribution in [-0.2, 0) is 16.0 Å². The summed E-state index contributed by atoms with van der Waals surface area (Å²) in [6, 6.07) is 12.1. The van der Waals surface area contributed by atoms with Gasteiger partial charge in [0.1, 0.15) is 23.6 Å². The second-order valence-corrected chi connectivity index (χ2v) is 10.4. The van der Waals surface area contributed by atoms with Gasteiger partial charge < -0.3 is 29.5 Å². The zero-order valence-electron chi connectivity index (χ0n) is 22.1. The van der Waals surface area contributed by atoms with Crippen molar-refractivity contribution in [3.8, 4) is 17.2 Å². The van der Waals surface area contributed by atoms with E-state index in [9.17, 15) is 27.2 Å². The molecule has 1 aliphatic heterocycles. The molecule has 1 aliphatic carbocycles. The van der Waals surface area contributed by atoms with Crippen molar-refractivity contribution in [1.29, 1.82) is 0 Å². The summed E-state index contributed by atoms with van der Waals surface area (Å²) < 4.78 is 68.1. The molecule has 0 bridgehead atoms. The molecule has 0 spiro atoms. The first-order valence-corrected chi connectivity index (χ1v) is 13.3. The minimum atomic E-state index is -5.12. The van der Waals surface area contributed by atoms with Gasteiger partial charge in [-0.1, -0.05) is 23.7 Å². The number of halogens is 5. The lowest BCUT2D eigenvalue weighted by Gasteiger charge is -2.32. The van der Waals surface area contributed by atoms with Crippen molar-refractivity contribution in [2.45, 2.75) is 37.8 Å². The molecular formula is C29H25ClF4N2O6. The number of nitrogens with zero attached hydrogens (tertiary/aromatic N) is 1. The Labute approximate surface area is 242 Å². The van der Waals surface area contributed by atoms with Crippen molar-refractivity contribution >= 4 is 34.9 Å². The first-order valence-electron chi connectivity index (χ1n) is 12.9. The third-order valence-corrected chi connectivity index (χ3v) is 7.40. The maximum atomic E-state index is 14.3. The van der Waals surface area contributed by atoms with Crippen LogP contribution >= 0.6 is 11.6 Å². The Morgan fingerprint density at radius 3 is 2.40 bits per heavy atom. The number of hydrogen-bond donors (Lipinski definition) is 2. The number of hydrogen-bond acceptors (Lipinski definition) is 6. The topological polar surface area (TPSA) is 97.3 Å². The van der Waals surface area contributed by atoms with E-state index >= 15 is 0 Å². The molecule has 1 heterocycles. The maximum absolute atomic E-state index is 14.3. The average molecular weight is 609 g/mol. The van der Waals surface area contributed by atoms with E-state index in [1.807, 2.05) is 0 Å². The molecule has 0 radical (unpaired) electrons. The van der Waals surface area contributed by atoms with E-state index in [-0.39, 0.29) is 24.8 Å². The molecule has 42 heavy (non-hydrogen) atoms. The van der Waals surface area contributed by atoms with E-state index in [1.165, 1.54) is 12.0 Å². The predicted molar refractivity (Wildman–Crippen MR) is 145 cm³/mol. The van der Waals surface area contributed by atoms with Gasteiger partial charge in [-0.2, -0.15) is 0 Å². The molecule has 222 valence electrons. The van der Waals surface area contributed by atoms with Crippen LogP contribution in [0.1, 0.15) is 30.0 Å². The summed E-state index contributed by atoms with van der Waals surface area (Å²) in [6.45, 7) is 0.105. The maximum Gasteiger partial charge on any atom is 0.573 e. The molecule has 2 N–H and O–H groups in total. The highest BCUT2D eigenvalue weighted by Crippen LogP contribution is 2.39. The van der Waals surface area contributed by atoms with Crippen molar-refractivity contribution < 1.29 is 46.5 Å². The Hall–Kier alpha value is -4.19. The van der Waals surface area contributed by atoms with Crippen LogP contribution in [0.3, 0.4) is 0 Å². The highest BCUT2D eigenvalue weighted by atomic mass is 35.5. The summed E-state index contributed by atoms with van der Waals surface area (Å²) in [7, 11) is 1.45. The van der Waals surface area contributed by atoms with Crippen LogP contribution in [-0.4, -0.2) is 43.1 Å². The minimum Gasteiger partial charge on any atom is -0.497 e. The highest BCUT2D eigenvalue weighted by molar-refractivity contribution is 6.30. The van der Waals surface area contributed by atoms with Crippen molar-refractivity contribution in [1.82, 2.24) is 0 Å². The number of benzene rings is 3. The molecule has 13 heteroatoms. The van der Waals surface area contributed by atoms with Crippen LogP contribution in [0.25, 0.3) is 0 Å². The van der Waals surface area contributed by atoms with Gasteiger partial charge in [0.2, 0.25) is 0 Å². The number of carbonyl (C=O) groups excluding carboxylic acids is 1. The summed E-state index contributed by atoms with van der Waals surface area (Å²) in [5, 5.41) is 12.7. The van der Waals surface area contributed by atoms with Crippen LogP contribution in [0.4, 0.5) is 28.9 Å². The summed E-state index contributed by atoms with van der Waals surface area (Å²) in [4.78, 5) is 26.4. The standard InChI is InChI=1S/C29H25ClF4N2O6/c1-40-20-11-19(12-22(13-20)41-21-8-17(9-21)28(38)39)35-26(15-2-4-18(30)5-3-15)27(37)36-7-6-16-10-23(31)25(14-24(16)36)42-29(32,33)34/h2-5,10-14,17,21,26,35H,6-9H2,1H3,(H,38,39). The number of ether oxygens (including phenoxy) is 3. The van der Waals surface area contributed by atoms with Crippen LogP contribution in [0.2, 0.25) is 5.02 Å². The van der Waals surface area contributed by atoms with E-state index < -0.39 is 41.8 Å². The van der Waals surface area contributed by atoms with E-state index in [0.29, 0.717) is 46.2 Å². The quantitative estimate of drug-likeness (QED) is 0.273. The van der Waals surface area contributed by atoms with Gasteiger partial charge in [-0.3, -0.25) is 9.59 Å². The third kappa shape index (κ3) is 6.48. The fourth-order valence-electron chi connectivity index (χ4n) is 4.98. The smallest absolute Gasteiger partial charge is 0.497 e. The molecule has 1 atom stereocenters. The average Bonchev–Trinajstić information content (AvgIpc) is 3.30. The first-order chi connectivity index (χ1) is 19.9. The summed E-state index contributed by atoms with van der Waals surface area (Å²) >= 11 is 6.07. The Morgan fingerprint density at radius 1 is 1.07 bits per heavy atom. The summed E-state index contributed by atoms with van der Waals surface area (Å²) in [6.07, 6.45) is -4.47. The van der Waals surface area contributed by atoms with E-state index in [4.69, 9.17) is 26.2 Å². The lowest BCUT2D eigenvalue weighted by molar-refractivity contribution is -0.275. The molecule has 3 aromatic rings. The Kier molecular flexibility index (Phi) is 8.09. The second-order valence-electron chi connectivity index (χ2n) is 9.97. The van der Waals surface area contributed by atoms with E-state index in [1.54, 1.807) is 42.5 Å². The van der Waals surface area contributed by atoms with Gasteiger partial charge in [-0.25, -0.2) is 4.39 Å². The first kappa shape index (κ1) is 29.3. The number of nitrogens with one attached hydrogen (secondary N) is 1. The molecule has 2 aliphatic rings. The van der Waals surface area contributed by atoms with Crippen LogP contribution < -0.4 is 24.4 Å². The number of aliphatic carboxylic acids is 1. The lowest BCUT2D eigenvalue weighted by Crippen LogP contribution is -2.38. The summed E-state index contributed by atoms with van der Waals surface area (Å²) in [5.74, 6) is -3.29. The second kappa shape index (κ2) is 11.6. The molecule has 1 fully saturated rings. The van der Waals surface area contributed by atoms with Crippen LogP contribution in [0.5, 0.6) is 17.2 Å². The SMILES string of the molecule is COc1cc(NC(C(=O)N2CCc3cc(F)c(OC(F)(F)F)cc32)c2ccc(Cl)cc2)cc(OC2CC(C(=O)O)C2)c1. The zero-order valence-corrected chi connectivity index (χ0v) is 22.8. The normalized spacial score (nSPS) is 18.5.